The lowest BCUT2D eigenvalue weighted by Crippen LogP contribution is -2.47. The highest BCUT2D eigenvalue weighted by Crippen LogP contribution is 2.25. The predicted molar refractivity (Wildman–Crippen MR) is 78.9 cm³/mol. The number of thiophene rings is 1. The Balaban J connectivity index is 1.64. The summed E-state index contributed by atoms with van der Waals surface area (Å²) in [5, 5.41) is 12.3. The molecule has 0 saturated carbocycles. The van der Waals surface area contributed by atoms with Crippen LogP contribution >= 0.6 is 22.7 Å². The van der Waals surface area contributed by atoms with E-state index in [0.717, 1.165) is 10.6 Å². The molecule has 20 heavy (non-hydrogen) atoms. The lowest BCUT2D eigenvalue weighted by atomic mass is 10.1. The van der Waals surface area contributed by atoms with Crippen LogP contribution in [0.2, 0.25) is 0 Å². The van der Waals surface area contributed by atoms with E-state index < -0.39 is 0 Å². The van der Waals surface area contributed by atoms with E-state index in [2.05, 4.69) is 15.6 Å². The molecule has 1 aliphatic heterocycles. The van der Waals surface area contributed by atoms with Gasteiger partial charge in [0.15, 0.2) is 0 Å². The minimum atomic E-state index is -0.177. The van der Waals surface area contributed by atoms with E-state index in [1.165, 1.54) is 11.3 Å². The highest BCUT2D eigenvalue weighted by atomic mass is 32.1. The van der Waals surface area contributed by atoms with Crippen molar-refractivity contribution in [2.24, 2.45) is 0 Å². The highest BCUT2D eigenvalue weighted by molar-refractivity contribution is 7.14. The summed E-state index contributed by atoms with van der Waals surface area (Å²) in [5.74, 6) is -0.132. The van der Waals surface area contributed by atoms with E-state index in [1.807, 2.05) is 16.8 Å². The molecule has 2 amide bonds. The molecule has 0 aromatic carbocycles. The van der Waals surface area contributed by atoms with Crippen molar-refractivity contribution in [3.63, 3.8) is 0 Å². The van der Waals surface area contributed by atoms with E-state index in [-0.39, 0.29) is 17.9 Å². The summed E-state index contributed by atoms with van der Waals surface area (Å²) in [6.45, 7) is 0.492. The second-order valence-electron chi connectivity index (χ2n) is 4.56. The number of carbonyl (C=O) groups excluding carboxylic acids is 2. The molecule has 3 rings (SSSR count). The molecule has 1 aliphatic rings. The maximum atomic E-state index is 12.1. The molecule has 3 heterocycles. The molecule has 1 atom stereocenters. The second-order valence-corrected chi connectivity index (χ2v) is 6.20. The standard InChI is InChI=1S/C13H13N3O2S2/c17-11-2-1-9(5-14-11)15-12(18)10-7-20-13(16-10)8-3-4-19-6-8/h3-4,6-7,9H,1-2,5H2,(H,14,17)(H,15,18). The lowest BCUT2D eigenvalue weighted by Gasteiger charge is -2.22. The summed E-state index contributed by atoms with van der Waals surface area (Å²) in [6.07, 6.45) is 1.14. The first-order valence-corrected chi connectivity index (χ1v) is 8.10. The molecule has 5 nitrogen and oxygen atoms in total. The molecule has 0 bridgehead atoms. The number of nitrogens with one attached hydrogen (secondary N) is 2. The first-order chi connectivity index (χ1) is 9.72. The number of aromatic nitrogens is 1. The fraction of sp³-hybridized carbons (Fsp3) is 0.308. The first-order valence-electron chi connectivity index (χ1n) is 6.28. The van der Waals surface area contributed by atoms with Crippen molar-refractivity contribution in [3.05, 3.63) is 27.9 Å². The Hall–Kier alpha value is -1.73. The number of rotatable bonds is 3. The molecular formula is C13H13N3O2S2. The van der Waals surface area contributed by atoms with Gasteiger partial charge in [-0.1, -0.05) is 0 Å². The van der Waals surface area contributed by atoms with E-state index >= 15 is 0 Å². The number of hydrogen-bond donors (Lipinski definition) is 2. The number of nitrogens with zero attached hydrogens (tertiary/aromatic N) is 1. The Labute approximate surface area is 124 Å². The van der Waals surface area contributed by atoms with Crippen molar-refractivity contribution in [2.75, 3.05) is 6.54 Å². The Morgan fingerprint density at radius 1 is 1.45 bits per heavy atom. The smallest absolute Gasteiger partial charge is 0.271 e. The van der Waals surface area contributed by atoms with Gasteiger partial charge >= 0.3 is 0 Å². The van der Waals surface area contributed by atoms with Gasteiger partial charge < -0.3 is 10.6 Å². The molecule has 2 aromatic heterocycles. The van der Waals surface area contributed by atoms with Crippen LogP contribution in [0.25, 0.3) is 10.6 Å². The molecule has 2 aromatic rings. The molecule has 7 heteroatoms. The Bertz CT molecular complexity index is 611. The van der Waals surface area contributed by atoms with E-state index in [9.17, 15) is 9.59 Å². The molecule has 1 saturated heterocycles. The molecule has 2 N–H and O–H groups in total. The zero-order chi connectivity index (χ0) is 13.9. The van der Waals surface area contributed by atoms with E-state index in [4.69, 9.17) is 0 Å². The summed E-state index contributed by atoms with van der Waals surface area (Å²) in [5.41, 5.74) is 1.48. The van der Waals surface area contributed by atoms with Gasteiger partial charge in [0.2, 0.25) is 5.91 Å². The fourth-order valence-corrected chi connectivity index (χ4v) is 3.52. The number of carbonyl (C=O) groups is 2. The minimum Gasteiger partial charge on any atom is -0.354 e. The van der Waals surface area contributed by atoms with E-state index in [0.29, 0.717) is 25.1 Å². The molecule has 0 spiro atoms. The Morgan fingerprint density at radius 3 is 3.05 bits per heavy atom. The van der Waals surface area contributed by atoms with Crippen molar-refractivity contribution in [1.29, 1.82) is 0 Å². The van der Waals surface area contributed by atoms with Crippen LogP contribution in [0.1, 0.15) is 23.3 Å². The second kappa shape index (κ2) is 5.72. The van der Waals surface area contributed by atoms with Crippen LogP contribution in [0.5, 0.6) is 0 Å². The van der Waals surface area contributed by atoms with Crippen molar-refractivity contribution >= 4 is 34.5 Å². The monoisotopic (exact) mass is 307 g/mol. The zero-order valence-electron chi connectivity index (χ0n) is 10.6. The van der Waals surface area contributed by atoms with Gasteiger partial charge in [0.1, 0.15) is 10.7 Å². The Kier molecular flexibility index (Phi) is 3.79. The summed E-state index contributed by atoms with van der Waals surface area (Å²) in [4.78, 5) is 27.5. The summed E-state index contributed by atoms with van der Waals surface area (Å²) in [7, 11) is 0. The summed E-state index contributed by atoms with van der Waals surface area (Å²) >= 11 is 3.07. The number of piperidine rings is 1. The first kappa shape index (κ1) is 13.3. The van der Waals surface area contributed by atoms with Gasteiger partial charge in [-0.2, -0.15) is 11.3 Å². The van der Waals surface area contributed by atoms with Crippen molar-refractivity contribution in [3.8, 4) is 10.6 Å². The SMILES string of the molecule is O=C1CCC(NC(=O)c2csc(-c3ccsc3)n2)CN1. The molecule has 104 valence electrons. The van der Waals surface area contributed by atoms with Crippen molar-refractivity contribution in [2.45, 2.75) is 18.9 Å². The maximum absolute atomic E-state index is 12.1. The average Bonchev–Trinajstić information content (AvgIpc) is 3.11. The zero-order valence-corrected chi connectivity index (χ0v) is 12.2. The van der Waals surface area contributed by atoms with Gasteiger partial charge in [-0.15, -0.1) is 11.3 Å². The van der Waals surface area contributed by atoms with Gasteiger partial charge in [-0.3, -0.25) is 9.59 Å². The van der Waals surface area contributed by atoms with Gasteiger partial charge in [-0.05, 0) is 17.9 Å². The minimum absolute atomic E-state index is 0.00787. The fourth-order valence-electron chi connectivity index (χ4n) is 2.01. The topological polar surface area (TPSA) is 71.1 Å². The number of hydrogen-bond acceptors (Lipinski definition) is 5. The van der Waals surface area contributed by atoms with Crippen LogP contribution in [-0.2, 0) is 4.79 Å². The van der Waals surface area contributed by atoms with Crippen LogP contribution in [-0.4, -0.2) is 29.4 Å². The third-order valence-corrected chi connectivity index (χ3v) is 4.68. The maximum Gasteiger partial charge on any atom is 0.271 e. The Morgan fingerprint density at radius 2 is 2.35 bits per heavy atom. The third-order valence-electron chi connectivity index (χ3n) is 3.11. The van der Waals surface area contributed by atoms with Crippen molar-refractivity contribution < 1.29 is 9.59 Å². The van der Waals surface area contributed by atoms with Crippen LogP contribution in [0.15, 0.2) is 22.2 Å². The van der Waals surface area contributed by atoms with Crippen LogP contribution in [0.4, 0.5) is 0 Å². The average molecular weight is 307 g/mol. The van der Waals surface area contributed by atoms with Crippen LogP contribution in [0, 0.1) is 0 Å². The highest BCUT2D eigenvalue weighted by Gasteiger charge is 2.21. The van der Waals surface area contributed by atoms with Gasteiger partial charge in [0.05, 0.1) is 0 Å². The number of thiazole rings is 1. The molecule has 1 unspecified atom stereocenters. The lowest BCUT2D eigenvalue weighted by molar-refractivity contribution is -0.122. The van der Waals surface area contributed by atoms with Crippen LogP contribution < -0.4 is 10.6 Å². The molecule has 1 fully saturated rings. The largest absolute Gasteiger partial charge is 0.354 e. The van der Waals surface area contributed by atoms with Crippen LogP contribution in [0.3, 0.4) is 0 Å². The molecular weight excluding hydrogens is 294 g/mol. The van der Waals surface area contributed by atoms with Gasteiger partial charge in [0.25, 0.3) is 5.91 Å². The number of amides is 2. The van der Waals surface area contributed by atoms with E-state index in [1.54, 1.807) is 16.7 Å². The van der Waals surface area contributed by atoms with Gasteiger partial charge in [-0.25, -0.2) is 4.98 Å². The summed E-state index contributed by atoms with van der Waals surface area (Å²) < 4.78 is 0. The van der Waals surface area contributed by atoms with Gasteiger partial charge in [0, 0.05) is 35.3 Å². The predicted octanol–water partition coefficient (Wildman–Crippen LogP) is 1.88. The normalized spacial score (nSPS) is 18.6. The molecule has 0 aliphatic carbocycles. The quantitative estimate of drug-likeness (QED) is 0.909. The summed E-state index contributed by atoms with van der Waals surface area (Å²) in [6, 6.07) is 1.98. The molecule has 0 radical (unpaired) electrons. The third kappa shape index (κ3) is 2.88. The van der Waals surface area contributed by atoms with Crippen molar-refractivity contribution in [1.82, 2.24) is 15.6 Å².